The molecule has 1 fully saturated rings. The molecule has 1 nitrogen and oxygen atoms in total. The highest BCUT2D eigenvalue weighted by molar-refractivity contribution is 7.99. The normalized spacial score (nSPS) is 37.9. The first kappa shape index (κ1) is 8.64. The first-order valence-corrected chi connectivity index (χ1v) is 6.01. The van der Waals surface area contributed by atoms with E-state index in [2.05, 4.69) is 12.2 Å². The summed E-state index contributed by atoms with van der Waals surface area (Å²) in [7, 11) is 0. The largest absolute Gasteiger partial charge is 0.330 e. The summed E-state index contributed by atoms with van der Waals surface area (Å²) >= 11 is 2.03. The first-order valence-electron chi connectivity index (χ1n) is 4.86. The molecule has 0 aromatic carbocycles. The number of hydrogen-bond donors (Lipinski definition) is 1. The predicted octanol–water partition coefficient (Wildman–Crippen LogP) is 1.89. The standard InChI is InChI=1S/C10H17NS/c11-3-4-12-7-10-6-8-1-2-9(10)5-8/h1-2,8-10H,3-7,11H2. The molecule has 3 atom stereocenters. The molecule has 2 N–H and O–H groups in total. The molecule has 2 heteroatoms. The summed E-state index contributed by atoms with van der Waals surface area (Å²) < 4.78 is 0. The Morgan fingerprint density at radius 1 is 1.33 bits per heavy atom. The Morgan fingerprint density at radius 2 is 2.25 bits per heavy atom. The SMILES string of the molecule is NCCSCC1CC2C=CC1C2. The van der Waals surface area contributed by atoms with Gasteiger partial charge in [0, 0.05) is 12.3 Å². The summed E-state index contributed by atoms with van der Waals surface area (Å²) in [6.07, 6.45) is 7.73. The zero-order chi connectivity index (χ0) is 8.39. The van der Waals surface area contributed by atoms with Crippen LogP contribution in [0, 0.1) is 17.8 Å². The molecule has 2 rings (SSSR count). The minimum Gasteiger partial charge on any atom is -0.330 e. The molecule has 2 aliphatic carbocycles. The van der Waals surface area contributed by atoms with Gasteiger partial charge in [0.1, 0.15) is 0 Å². The van der Waals surface area contributed by atoms with Crippen LogP contribution >= 0.6 is 11.8 Å². The quantitative estimate of drug-likeness (QED) is 0.532. The molecular formula is C10H17NS. The van der Waals surface area contributed by atoms with Crippen molar-refractivity contribution in [2.45, 2.75) is 12.8 Å². The maximum atomic E-state index is 5.45. The fourth-order valence-corrected chi connectivity index (χ4v) is 3.42. The van der Waals surface area contributed by atoms with Gasteiger partial charge >= 0.3 is 0 Å². The summed E-state index contributed by atoms with van der Waals surface area (Å²) in [4.78, 5) is 0. The number of nitrogens with two attached hydrogens (primary N) is 1. The van der Waals surface area contributed by atoms with E-state index in [-0.39, 0.29) is 0 Å². The lowest BCUT2D eigenvalue weighted by Gasteiger charge is -2.16. The third kappa shape index (κ3) is 1.69. The average Bonchev–Trinajstić information content (AvgIpc) is 2.65. The molecule has 0 aromatic rings. The molecule has 3 unspecified atom stereocenters. The van der Waals surface area contributed by atoms with Crippen LogP contribution in [-0.2, 0) is 0 Å². The number of rotatable bonds is 4. The molecule has 12 heavy (non-hydrogen) atoms. The zero-order valence-corrected chi connectivity index (χ0v) is 8.22. The highest BCUT2D eigenvalue weighted by Gasteiger charge is 2.34. The Morgan fingerprint density at radius 3 is 2.83 bits per heavy atom. The Balaban J connectivity index is 1.73. The second kappa shape index (κ2) is 3.84. The van der Waals surface area contributed by atoms with E-state index in [1.807, 2.05) is 11.8 Å². The molecule has 68 valence electrons. The van der Waals surface area contributed by atoms with Gasteiger partial charge in [0.05, 0.1) is 0 Å². The van der Waals surface area contributed by atoms with Crippen molar-refractivity contribution in [3.8, 4) is 0 Å². The van der Waals surface area contributed by atoms with Crippen LogP contribution in [0.5, 0.6) is 0 Å². The van der Waals surface area contributed by atoms with E-state index in [1.165, 1.54) is 18.6 Å². The fraction of sp³-hybridized carbons (Fsp3) is 0.800. The topological polar surface area (TPSA) is 26.0 Å². The molecular weight excluding hydrogens is 166 g/mol. The van der Waals surface area contributed by atoms with Gasteiger partial charge in [0.25, 0.3) is 0 Å². The van der Waals surface area contributed by atoms with E-state index in [0.717, 1.165) is 30.1 Å². The molecule has 0 aliphatic heterocycles. The van der Waals surface area contributed by atoms with E-state index < -0.39 is 0 Å². The van der Waals surface area contributed by atoms with Gasteiger partial charge < -0.3 is 5.73 Å². The molecule has 0 amide bonds. The maximum Gasteiger partial charge on any atom is 0.00559 e. The van der Waals surface area contributed by atoms with Crippen LogP contribution in [0.1, 0.15) is 12.8 Å². The molecule has 0 spiro atoms. The van der Waals surface area contributed by atoms with Gasteiger partial charge in [-0.25, -0.2) is 0 Å². The average molecular weight is 183 g/mol. The van der Waals surface area contributed by atoms with Crippen LogP contribution < -0.4 is 5.73 Å². The predicted molar refractivity (Wildman–Crippen MR) is 55.2 cm³/mol. The summed E-state index contributed by atoms with van der Waals surface area (Å²) in [5.74, 6) is 5.29. The second-order valence-electron chi connectivity index (χ2n) is 3.90. The summed E-state index contributed by atoms with van der Waals surface area (Å²) in [5.41, 5.74) is 5.45. The molecule has 1 saturated carbocycles. The van der Waals surface area contributed by atoms with E-state index >= 15 is 0 Å². The van der Waals surface area contributed by atoms with Crippen molar-refractivity contribution in [1.82, 2.24) is 0 Å². The Kier molecular flexibility index (Phi) is 2.76. The number of allylic oxidation sites excluding steroid dienone is 2. The van der Waals surface area contributed by atoms with Gasteiger partial charge in [0.2, 0.25) is 0 Å². The summed E-state index contributed by atoms with van der Waals surface area (Å²) in [6, 6.07) is 0. The molecule has 0 aromatic heterocycles. The summed E-state index contributed by atoms with van der Waals surface area (Å²) in [5, 5.41) is 0. The lowest BCUT2D eigenvalue weighted by molar-refractivity contribution is 0.502. The van der Waals surface area contributed by atoms with Crippen molar-refractivity contribution < 1.29 is 0 Å². The second-order valence-corrected chi connectivity index (χ2v) is 5.05. The van der Waals surface area contributed by atoms with Gasteiger partial charge in [-0.15, -0.1) is 0 Å². The van der Waals surface area contributed by atoms with E-state index in [1.54, 1.807) is 0 Å². The lowest BCUT2D eigenvalue weighted by Crippen LogP contribution is -2.11. The monoisotopic (exact) mass is 183 g/mol. The van der Waals surface area contributed by atoms with E-state index in [9.17, 15) is 0 Å². The molecule has 0 radical (unpaired) electrons. The summed E-state index contributed by atoms with van der Waals surface area (Å²) in [6.45, 7) is 0.835. The van der Waals surface area contributed by atoms with Gasteiger partial charge in [0.15, 0.2) is 0 Å². The Bertz CT molecular complexity index is 179. The Hall–Kier alpha value is 0.0500. The number of thioether (sulfide) groups is 1. The highest BCUT2D eigenvalue weighted by Crippen LogP contribution is 2.44. The van der Waals surface area contributed by atoms with E-state index in [0.29, 0.717) is 0 Å². The third-order valence-electron chi connectivity index (χ3n) is 3.01. The van der Waals surface area contributed by atoms with Crippen molar-refractivity contribution in [3.63, 3.8) is 0 Å². The van der Waals surface area contributed by atoms with Gasteiger partial charge in [-0.1, -0.05) is 12.2 Å². The van der Waals surface area contributed by atoms with Crippen LogP contribution in [-0.4, -0.2) is 18.1 Å². The minimum absolute atomic E-state index is 0.835. The fourth-order valence-electron chi connectivity index (χ4n) is 2.40. The van der Waals surface area contributed by atoms with Crippen molar-refractivity contribution in [3.05, 3.63) is 12.2 Å². The van der Waals surface area contributed by atoms with Gasteiger partial charge in [-0.2, -0.15) is 11.8 Å². The maximum absolute atomic E-state index is 5.45. The van der Waals surface area contributed by atoms with Crippen LogP contribution in [0.15, 0.2) is 12.2 Å². The zero-order valence-electron chi connectivity index (χ0n) is 7.41. The lowest BCUT2D eigenvalue weighted by atomic mass is 9.96. The van der Waals surface area contributed by atoms with Crippen molar-refractivity contribution >= 4 is 11.8 Å². The smallest absolute Gasteiger partial charge is 0.00559 e. The van der Waals surface area contributed by atoms with Gasteiger partial charge in [-0.3, -0.25) is 0 Å². The molecule has 2 bridgehead atoms. The van der Waals surface area contributed by atoms with Gasteiger partial charge in [-0.05, 0) is 36.3 Å². The third-order valence-corrected chi connectivity index (χ3v) is 4.20. The highest BCUT2D eigenvalue weighted by atomic mass is 32.2. The van der Waals surface area contributed by atoms with Crippen LogP contribution in [0.2, 0.25) is 0 Å². The van der Waals surface area contributed by atoms with Crippen LogP contribution in [0.4, 0.5) is 0 Å². The number of fused-ring (bicyclic) bond motifs is 2. The van der Waals surface area contributed by atoms with E-state index in [4.69, 9.17) is 5.73 Å². The Labute approximate surface area is 78.8 Å². The van der Waals surface area contributed by atoms with Crippen molar-refractivity contribution in [2.24, 2.45) is 23.5 Å². The molecule has 0 saturated heterocycles. The molecule has 2 aliphatic rings. The van der Waals surface area contributed by atoms with Crippen LogP contribution in [0.25, 0.3) is 0 Å². The number of hydrogen-bond acceptors (Lipinski definition) is 2. The molecule has 0 heterocycles. The first-order chi connectivity index (χ1) is 5.90. The van der Waals surface area contributed by atoms with Crippen LogP contribution in [0.3, 0.4) is 0 Å². The van der Waals surface area contributed by atoms with Crippen molar-refractivity contribution in [2.75, 3.05) is 18.1 Å². The van der Waals surface area contributed by atoms with Crippen molar-refractivity contribution in [1.29, 1.82) is 0 Å². The minimum atomic E-state index is 0.835.